The van der Waals surface area contributed by atoms with Crippen molar-refractivity contribution in [2.45, 2.75) is 192 Å². The zero-order chi connectivity index (χ0) is 51.9. The normalized spacial score (nSPS) is 15.1. The van der Waals surface area contributed by atoms with Crippen molar-refractivity contribution >= 4 is 23.9 Å². The van der Waals surface area contributed by atoms with Crippen LogP contribution in [-0.4, -0.2) is 38.1 Å². The fourth-order valence-corrected chi connectivity index (χ4v) is 7.89. The first-order valence-electron chi connectivity index (χ1n) is 23.3. The number of hydrogen-bond donors (Lipinski definition) is 0. The van der Waals surface area contributed by atoms with Crippen molar-refractivity contribution in [2.75, 3.05) is 14.2 Å². The van der Waals surface area contributed by atoms with E-state index in [0.29, 0.717) is 47.8 Å². The monoisotopic (exact) mass is 939 g/mol. The molecule has 0 radical (unpaired) electrons. The van der Waals surface area contributed by atoms with Crippen molar-refractivity contribution in [3.63, 3.8) is 0 Å². The summed E-state index contributed by atoms with van der Waals surface area (Å²) in [6, 6.07) is 10.4. The van der Waals surface area contributed by atoms with Gasteiger partial charge in [0.15, 0.2) is 23.0 Å². The van der Waals surface area contributed by atoms with Gasteiger partial charge in [-0.1, -0.05) is 151 Å². The van der Waals surface area contributed by atoms with Crippen LogP contribution in [0.5, 0.6) is 23.0 Å². The largest absolute Gasteiger partial charge is 0.493 e. The zero-order valence-corrected chi connectivity index (χ0v) is 45.8. The molecule has 382 valence electrons. The summed E-state index contributed by atoms with van der Waals surface area (Å²) in [4.78, 5) is 51.6. The molecule has 0 aliphatic carbocycles. The summed E-state index contributed by atoms with van der Waals surface area (Å²) in [5.41, 5.74) is -1.17. The van der Waals surface area contributed by atoms with Crippen LogP contribution in [0.15, 0.2) is 48.6 Å². The second-order valence-corrected chi connectivity index (χ2v) is 25.6. The van der Waals surface area contributed by atoms with Gasteiger partial charge < -0.3 is 28.4 Å². The first kappa shape index (κ1) is 62.7. The Morgan fingerprint density at radius 1 is 0.448 bits per heavy atom. The van der Waals surface area contributed by atoms with Crippen LogP contribution in [0.2, 0.25) is 0 Å². The Bertz CT molecular complexity index is 2000. The third kappa shape index (κ3) is 17.9. The number of hydrogen-bond acceptors (Lipinski definition) is 10. The molecule has 0 saturated carbocycles. The molecule has 0 aliphatic heterocycles. The number of carbonyl (C=O) groups excluding carboxylic acids is 4. The van der Waals surface area contributed by atoms with Crippen molar-refractivity contribution in [1.29, 1.82) is 0 Å². The van der Waals surface area contributed by atoms with Crippen molar-refractivity contribution in [3.05, 3.63) is 59.7 Å². The number of benzene rings is 2. The summed E-state index contributed by atoms with van der Waals surface area (Å²) in [6.07, 6.45) is 2.07. The van der Waals surface area contributed by atoms with Crippen LogP contribution < -0.4 is 18.9 Å². The van der Waals surface area contributed by atoms with E-state index < -0.39 is 22.2 Å². The topological polar surface area (TPSA) is 124 Å². The smallest absolute Gasteiger partial charge is 0.333 e. The Labute approximate surface area is 408 Å². The molecular formula is C57H94O10. The van der Waals surface area contributed by atoms with Gasteiger partial charge in [-0.25, -0.2) is 4.79 Å². The Morgan fingerprint density at radius 2 is 0.731 bits per heavy atom. The van der Waals surface area contributed by atoms with Gasteiger partial charge in [-0.2, -0.15) is 0 Å². The molecule has 0 N–H and O–H groups in total. The second kappa shape index (κ2) is 22.8. The Hall–Kier alpha value is -4.34. The first-order chi connectivity index (χ1) is 29.5. The van der Waals surface area contributed by atoms with E-state index in [0.717, 1.165) is 11.1 Å². The predicted molar refractivity (Wildman–Crippen MR) is 273 cm³/mol. The number of carbonyl (C=O) groups is 4. The predicted octanol–water partition coefficient (Wildman–Crippen LogP) is 15.0. The van der Waals surface area contributed by atoms with Gasteiger partial charge in [0.25, 0.3) is 0 Å². The first-order valence-corrected chi connectivity index (χ1v) is 23.3. The molecule has 0 heterocycles. The van der Waals surface area contributed by atoms with Gasteiger partial charge in [0, 0.05) is 5.57 Å². The van der Waals surface area contributed by atoms with Gasteiger partial charge in [0.1, 0.15) is 13.2 Å². The average molecular weight is 939 g/mol. The minimum absolute atomic E-state index is 0. The fraction of sp³-hybridized carbons (Fsp3) is 0.684. The van der Waals surface area contributed by atoms with E-state index >= 15 is 0 Å². The van der Waals surface area contributed by atoms with Gasteiger partial charge >= 0.3 is 23.9 Å². The van der Waals surface area contributed by atoms with Gasteiger partial charge in [0.2, 0.25) is 0 Å². The van der Waals surface area contributed by atoms with Crippen LogP contribution in [0.4, 0.5) is 0 Å². The van der Waals surface area contributed by atoms with Gasteiger partial charge in [-0.05, 0) is 115 Å². The summed E-state index contributed by atoms with van der Waals surface area (Å²) in [6.45, 7) is 49.0. The van der Waals surface area contributed by atoms with Crippen LogP contribution in [-0.2, 0) is 41.9 Å². The van der Waals surface area contributed by atoms with E-state index in [1.807, 2.05) is 26.8 Å². The zero-order valence-electron chi connectivity index (χ0n) is 45.8. The van der Waals surface area contributed by atoms with Crippen molar-refractivity contribution in [3.8, 4) is 23.0 Å². The minimum atomic E-state index is -0.699. The highest BCUT2D eigenvalue weighted by molar-refractivity contribution is 5.87. The van der Waals surface area contributed by atoms with Crippen molar-refractivity contribution in [2.24, 2.45) is 48.7 Å². The average Bonchev–Trinajstić information content (AvgIpc) is 3.13. The van der Waals surface area contributed by atoms with Crippen LogP contribution in [0.3, 0.4) is 0 Å². The molecule has 10 heteroatoms. The fourth-order valence-electron chi connectivity index (χ4n) is 7.89. The molecule has 0 aromatic heterocycles. The molecule has 0 spiro atoms. The summed E-state index contributed by atoms with van der Waals surface area (Å²) in [5, 5.41) is 0. The number of ether oxygens (including phenoxy) is 6. The highest BCUT2D eigenvalue weighted by Gasteiger charge is 2.50. The van der Waals surface area contributed by atoms with Crippen LogP contribution in [0, 0.1) is 48.7 Å². The Morgan fingerprint density at radius 3 is 0.985 bits per heavy atom. The molecule has 0 aliphatic rings. The van der Waals surface area contributed by atoms with Crippen molar-refractivity contribution in [1.82, 2.24) is 0 Å². The molecule has 2 aromatic carbocycles. The van der Waals surface area contributed by atoms with E-state index in [1.54, 1.807) is 44.4 Å². The number of esters is 4. The Balaban J connectivity index is 0.00000132. The maximum atomic E-state index is 13.5. The Kier molecular flexibility index (Phi) is 21.4. The lowest BCUT2D eigenvalue weighted by molar-refractivity contribution is -0.166. The summed E-state index contributed by atoms with van der Waals surface area (Å²) < 4.78 is 33.7. The summed E-state index contributed by atoms with van der Waals surface area (Å²) in [5.74, 6) is 0.304. The molecule has 67 heavy (non-hydrogen) atoms. The molecule has 2 rings (SSSR count). The van der Waals surface area contributed by atoms with E-state index in [-0.39, 0.29) is 71.0 Å². The van der Waals surface area contributed by atoms with Crippen molar-refractivity contribution < 1.29 is 47.6 Å². The SMILES string of the molecule is C.C=C(C)C(=O)OCc1ccc(OC(=O)C(C)(CC(C)(C)C)C(C)(C)C)c(OC)c1.COc1cc(COC(=O)C(C)(CC(C)(C)C)C(C)(C)C)ccc1OC(=O)C(C)(CC(C)(C)C)C(C)(C)C. The minimum Gasteiger partial charge on any atom is -0.493 e. The van der Waals surface area contributed by atoms with Crippen LogP contribution >= 0.6 is 0 Å². The number of methoxy groups -OCH3 is 2. The molecule has 10 nitrogen and oxygen atoms in total. The van der Waals surface area contributed by atoms with E-state index in [1.165, 1.54) is 7.11 Å². The van der Waals surface area contributed by atoms with Crippen LogP contribution in [0.1, 0.15) is 190 Å². The van der Waals surface area contributed by atoms with E-state index in [2.05, 4.69) is 131 Å². The summed E-state index contributed by atoms with van der Waals surface area (Å²) in [7, 11) is 3.05. The van der Waals surface area contributed by atoms with E-state index in [9.17, 15) is 19.2 Å². The third-order valence-corrected chi connectivity index (χ3v) is 12.9. The highest BCUT2D eigenvalue weighted by atomic mass is 16.6. The quantitative estimate of drug-likeness (QED) is 0.0968. The third-order valence-electron chi connectivity index (χ3n) is 12.9. The lowest BCUT2D eigenvalue weighted by Crippen LogP contribution is -2.45. The number of rotatable bonds is 15. The molecule has 2 aromatic rings. The summed E-state index contributed by atoms with van der Waals surface area (Å²) >= 11 is 0. The van der Waals surface area contributed by atoms with Gasteiger partial charge in [-0.3, -0.25) is 14.4 Å². The molecule has 3 unspecified atom stereocenters. The lowest BCUT2D eigenvalue weighted by atomic mass is 9.61. The lowest BCUT2D eigenvalue weighted by Gasteiger charge is -2.43. The molecule has 0 fully saturated rings. The van der Waals surface area contributed by atoms with E-state index in [4.69, 9.17) is 28.4 Å². The molecular weight excluding hydrogens is 845 g/mol. The molecule has 3 atom stereocenters. The van der Waals surface area contributed by atoms with Gasteiger partial charge in [-0.15, -0.1) is 0 Å². The molecule has 0 bridgehead atoms. The molecule has 0 saturated heterocycles. The molecule has 0 amide bonds. The highest BCUT2D eigenvalue weighted by Crippen LogP contribution is 2.50. The maximum Gasteiger partial charge on any atom is 0.333 e. The van der Waals surface area contributed by atoms with Gasteiger partial charge in [0.05, 0.1) is 30.5 Å². The maximum absolute atomic E-state index is 13.5. The second-order valence-electron chi connectivity index (χ2n) is 25.6. The van der Waals surface area contributed by atoms with Crippen LogP contribution in [0.25, 0.3) is 0 Å². The standard InChI is InChI=1S/C32H54O5.C24H36O5.CH4/c1-27(2,3)20-31(13,29(7,8)9)25(33)36-19-22-16-17-23(24(18-22)35-15)37-26(34)32(14,30(10,11)12)21-28(4,5)6;1-16(2)20(25)28-14-17-11-12-18(19(13-17)27-10)29-21(26)24(9,23(6,7)8)15-22(3,4)5;/h16-18H,19-21H2,1-15H3;11-13H,1,14-15H2,2-10H3;1H4.